The third-order valence-corrected chi connectivity index (χ3v) is 6.29. The number of pyridine rings is 1. The second-order valence-electron chi connectivity index (χ2n) is 7.52. The molecule has 5 rings (SSSR count). The third kappa shape index (κ3) is 3.98. The molecule has 4 aromatic heterocycles. The largest absolute Gasteiger partial charge is 0.334 e. The van der Waals surface area contributed by atoms with Crippen LogP contribution in [0.1, 0.15) is 47.3 Å². The molecule has 0 aliphatic heterocycles. The minimum Gasteiger partial charge on any atom is -0.334 e. The van der Waals surface area contributed by atoms with Gasteiger partial charge in [-0.15, -0.1) is 11.3 Å². The van der Waals surface area contributed by atoms with Gasteiger partial charge in [-0.3, -0.25) is 9.78 Å². The maximum atomic E-state index is 13.4. The first kappa shape index (κ1) is 19.6. The maximum Gasteiger partial charge on any atom is 0.257 e. The van der Waals surface area contributed by atoms with E-state index in [4.69, 9.17) is 4.98 Å². The molecule has 1 saturated carbocycles. The van der Waals surface area contributed by atoms with Gasteiger partial charge in [0.15, 0.2) is 0 Å². The number of nitrogens with zero attached hydrogens (tertiary/aromatic N) is 6. The lowest BCUT2D eigenvalue weighted by Crippen LogP contribution is -2.31. The van der Waals surface area contributed by atoms with E-state index in [0.717, 1.165) is 34.7 Å². The second kappa shape index (κ2) is 8.39. The lowest BCUT2D eigenvalue weighted by molar-refractivity contribution is 0.0751. The van der Waals surface area contributed by atoms with Gasteiger partial charge in [0, 0.05) is 37.6 Å². The quantitative estimate of drug-likeness (QED) is 0.436. The van der Waals surface area contributed by atoms with Gasteiger partial charge in [0.1, 0.15) is 0 Å². The second-order valence-corrected chi connectivity index (χ2v) is 8.47. The maximum absolute atomic E-state index is 13.4. The zero-order valence-corrected chi connectivity index (χ0v) is 18.0. The SMILES string of the molecule is CCN(Cc1ccncc1)C(=O)c1cnn(-c2nccc(-c3cccs3)n2)c1C1CC1. The first-order valence-electron chi connectivity index (χ1n) is 10.4. The van der Waals surface area contributed by atoms with Gasteiger partial charge < -0.3 is 4.90 Å². The van der Waals surface area contributed by atoms with Gasteiger partial charge in [0.25, 0.3) is 11.9 Å². The number of carbonyl (C=O) groups is 1. The standard InChI is InChI=1S/C23H22N6OS/c1-2-28(15-16-7-10-24-11-8-16)22(30)18-14-26-29(21(18)17-5-6-17)23-25-12-9-19(27-23)20-4-3-13-31-20/h3-4,7-14,17H,2,5-6,15H2,1H3. The van der Waals surface area contributed by atoms with Crippen molar-refractivity contribution in [1.82, 2.24) is 29.6 Å². The first-order chi connectivity index (χ1) is 15.2. The van der Waals surface area contributed by atoms with Gasteiger partial charge >= 0.3 is 0 Å². The summed E-state index contributed by atoms with van der Waals surface area (Å²) in [6.07, 6.45) is 9.02. The topological polar surface area (TPSA) is 76.8 Å². The number of hydrogen-bond donors (Lipinski definition) is 0. The number of amides is 1. The van der Waals surface area contributed by atoms with Crippen LogP contribution in [-0.4, -0.2) is 42.1 Å². The number of carbonyl (C=O) groups excluding carboxylic acids is 1. The molecule has 1 fully saturated rings. The van der Waals surface area contributed by atoms with Gasteiger partial charge in [0.2, 0.25) is 0 Å². The number of hydrogen-bond acceptors (Lipinski definition) is 6. The van der Waals surface area contributed by atoms with Crippen molar-refractivity contribution in [3.05, 3.63) is 77.3 Å². The molecule has 156 valence electrons. The summed E-state index contributed by atoms with van der Waals surface area (Å²) >= 11 is 1.64. The monoisotopic (exact) mass is 430 g/mol. The highest BCUT2D eigenvalue weighted by molar-refractivity contribution is 7.13. The summed E-state index contributed by atoms with van der Waals surface area (Å²) in [5, 5.41) is 6.58. The molecule has 4 aromatic rings. The van der Waals surface area contributed by atoms with E-state index in [9.17, 15) is 4.79 Å². The first-order valence-corrected chi connectivity index (χ1v) is 11.3. The molecular weight excluding hydrogens is 408 g/mol. The Balaban J connectivity index is 1.49. The van der Waals surface area contributed by atoms with E-state index < -0.39 is 0 Å². The minimum atomic E-state index is -0.0122. The predicted molar refractivity (Wildman–Crippen MR) is 119 cm³/mol. The van der Waals surface area contributed by atoms with Crippen LogP contribution in [0, 0.1) is 0 Å². The fraction of sp³-hybridized carbons (Fsp3) is 0.261. The Bertz CT molecular complexity index is 1180. The van der Waals surface area contributed by atoms with E-state index in [2.05, 4.69) is 15.1 Å². The molecule has 0 atom stereocenters. The summed E-state index contributed by atoms with van der Waals surface area (Å²) in [6, 6.07) is 9.81. The molecular formula is C23H22N6OS. The van der Waals surface area contributed by atoms with Crippen LogP contribution in [0.2, 0.25) is 0 Å². The normalized spacial score (nSPS) is 13.3. The van der Waals surface area contributed by atoms with Crippen LogP contribution in [0.5, 0.6) is 0 Å². The molecule has 0 aromatic carbocycles. The summed E-state index contributed by atoms with van der Waals surface area (Å²) in [5.74, 6) is 0.806. The number of rotatable bonds is 7. The van der Waals surface area contributed by atoms with Gasteiger partial charge in [-0.25, -0.2) is 14.6 Å². The van der Waals surface area contributed by atoms with E-state index in [1.807, 2.05) is 47.5 Å². The smallest absolute Gasteiger partial charge is 0.257 e. The summed E-state index contributed by atoms with van der Waals surface area (Å²) in [6.45, 7) is 3.15. The highest BCUT2D eigenvalue weighted by atomic mass is 32.1. The highest BCUT2D eigenvalue weighted by Crippen LogP contribution is 2.42. The van der Waals surface area contributed by atoms with Crippen LogP contribution in [0.25, 0.3) is 16.5 Å². The highest BCUT2D eigenvalue weighted by Gasteiger charge is 2.34. The molecule has 1 aliphatic rings. The lowest BCUT2D eigenvalue weighted by Gasteiger charge is -2.21. The van der Waals surface area contributed by atoms with Crippen LogP contribution in [-0.2, 0) is 6.54 Å². The van der Waals surface area contributed by atoms with Gasteiger partial charge in [-0.2, -0.15) is 5.10 Å². The fourth-order valence-electron chi connectivity index (χ4n) is 3.65. The van der Waals surface area contributed by atoms with Crippen molar-refractivity contribution in [2.24, 2.45) is 0 Å². The van der Waals surface area contributed by atoms with Crippen molar-refractivity contribution in [1.29, 1.82) is 0 Å². The molecule has 0 bridgehead atoms. The van der Waals surface area contributed by atoms with Gasteiger partial charge in [0.05, 0.1) is 28.0 Å². The molecule has 0 N–H and O–H groups in total. The van der Waals surface area contributed by atoms with Crippen molar-refractivity contribution < 1.29 is 4.79 Å². The number of thiophene rings is 1. The van der Waals surface area contributed by atoms with Crippen molar-refractivity contribution in [2.75, 3.05) is 6.54 Å². The Morgan fingerprint density at radius 2 is 2.03 bits per heavy atom. The Morgan fingerprint density at radius 1 is 1.19 bits per heavy atom. The summed E-state index contributed by atoms with van der Waals surface area (Å²) < 4.78 is 1.75. The Morgan fingerprint density at radius 3 is 2.74 bits per heavy atom. The molecule has 4 heterocycles. The summed E-state index contributed by atoms with van der Waals surface area (Å²) in [7, 11) is 0. The fourth-order valence-corrected chi connectivity index (χ4v) is 4.35. The van der Waals surface area contributed by atoms with E-state index >= 15 is 0 Å². The molecule has 0 saturated heterocycles. The van der Waals surface area contributed by atoms with Crippen LogP contribution in [0.4, 0.5) is 0 Å². The average Bonchev–Trinajstić information content (AvgIpc) is 3.32. The average molecular weight is 431 g/mol. The zero-order chi connectivity index (χ0) is 21.2. The van der Waals surface area contributed by atoms with Crippen molar-refractivity contribution in [2.45, 2.75) is 32.2 Å². The molecule has 1 amide bonds. The van der Waals surface area contributed by atoms with Gasteiger partial charge in [-0.1, -0.05) is 6.07 Å². The Hall–Kier alpha value is -3.39. The Kier molecular flexibility index (Phi) is 5.30. The molecule has 1 aliphatic carbocycles. The van der Waals surface area contributed by atoms with E-state index in [1.165, 1.54) is 0 Å². The zero-order valence-electron chi connectivity index (χ0n) is 17.2. The third-order valence-electron chi connectivity index (χ3n) is 5.40. The minimum absolute atomic E-state index is 0.0122. The van der Waals surface area contributed by atoms with Gasteiger partial charge in [-0.05, 0) is 55.0 Å². The van der Waals surface area contributed by atoms with Crippen LogP contribution < -0.4 is 0 Å². The molecule has 7 nitrogen and oxygen atoms in total. The molecule has 0 unspecified atom stereocenters. The van der Waals surface area contributed by atoms with E-state index in [-0.39, 0.29) is 5.91 Å². The van der Waals surface area contributed by atoms with Crippen LogP contribution >= 0.6 is 11.3 Å². The van der Waals surface area contributed by atoms with E-state index in [1.54, 1.807) is 40.8 Å². The van der Waals surface area contributed by atoms with Crippen LogP contribution in [0.3, 0.4) is 0 Å². The van der Waals surface area contributed by atoms with Crippen molar-refractivity contribution in [3.8, 4) is 16.5 Å². The van der Waals surface area contributed by atoms with E-state index in [0.29, 0.717) is 30.5 Å². The molecule has 0 spiro atoms. The van der Waals surface area contributed by atoms with Crippen LogP contribution in [0.15, 0.2) is 60.5 Å². The lowest BCUT2D eigenvalue weighted by atomic mass is 10.1. The molecule has 31 heavy (non-hydrogen) atoms. The Labute approximate surface area is 184 Å². The van der Waals surface area contributed by atoms with Crippen molar-refractivity contribution in [3.63, 3.8) is 0 Å². The summed E-state index contributed by atoms with van der Waals surface area (Å²) in [4.78, 5) is 29.6. The molecule has 8 heteroatoms. The summed E-state index contributed by atoms with van der Waals surface area (Å²) in [5.41, 5.74) is 3.47. The number of aromatic nitrogens is 5. The predicted octanol–water partition coefficient (Wildman–Crippen LogP) is 4.33. The molecule has 0 radical (unpaired) electrons. The van der Waals surface area contributed by atoms with Crippen molar-refractivity contribution >= 4 is 17.2 Å².